The van der Waals surface area contributed by atoms with E-state index in [1.165, 1.54) is 12.2 Å². The summed E-state index contributed by atoms with van der Waals surface area (Å²) in [6, 6.07) is 0. The summed E-state index contributed by atoms with van der Waals surface area (Å²) in [6.07, 6.45) is 1.53. The second-order valence-corrected chi connectivity index (χ2v) is 6.21. The molecule has 0 saturated heterocycles. The van der Waals surface area contributed by atoms with Gasteiger partial charge in [-0.1, -0.05) is 71.7 Å². The molecule has 0 aliphatic carbocycles. The first kappa shape index (κ1) is 20.8. The molecule has 0 heterocycles. The van der Waals surface area contributed by atoms with Gasteiger partial charge < -0.3 is 9.47 Å². The van der Waals surface area contributed by atoms with Crippen LogP contribution in [0.4, 0.5) is 0 Å². The van der Waals surface area contributed by atoms with Crippen molar-refractivity contribution in [3.8, 4) is 0 Å². The van der Waals surface area contributed by atoms with Crippen molar-refractivity contribution in [2.24, 2.45) is 0 Å². The van der Waals surface area contributed by atoms with E-state index in [-0.39, 0.29) is 31.2 Å². The van der Waals surface area contributed by atoms with Crippen molar-refractivity contribution >= 4 is 58.3 Å². The highest BCUT2D eigenvalue weighted by Gasteiger charge is 2.31. The van der Waals surface area contributed by atoms with Crippen molar-refractivity contribution < 1.29 is 19.1 Å². The molecule has 0 spiro atoms. The Kier molecular flexibility index (Phi) is 7.61. The van der Waals surface area contributed by atoms with Gasteiger partial charge in [0, 0.05) is 0 Å². The smallest absolute Gasteiger partial charge is 0.341 e. The van der Waals surface area contributed by atoms with Crippen LogP contribution >= 0.6 is 46.4 Å². The molecule has 1 aromatic carbocycles. The minimum absolute atomic E-state index is 0.171. The van der Waals surface area contributed by atoms with Crippen molar-refractivity contribution in [2.75, 3.05) is 0 Å². The van der Waals surface area contributed by atoms with Gasteiger partial charge in [0.25, 0.3) is 0 Å². The van der Waals surface area contributed by atoms with Crippen molar-refractivity contribution in [3.05, 3.63) is 56.5 Å². The van der Waals surface area contributed by atoms with Gasteiger partial charge in [-0.2, -0.15) is 0 Å². The number of hydrogen-bond donors (Lipinski definition) is 0. The lowest BCUT2D eigenvalue weighted by Crippen LogP contribution is -2.20. The van der Waals surface area contributed by atoms with Crippen LogP contribution in [-0.4, -0.2) is 24.1 Å². The van der Waals surface area contributed by atoms with Crippen LogP contribution in [0.15, 0.2) is 25.3 Å². The van der Waals surface area contributed by atoms with Crippen molar-refractivity contribution in [3.63, 3.8) is 0 Å². The van der Waals surface area contributed by atoms with Crippen LogP contribution < -0.4 is 0 Å². The third-order valence-corrected chi connectivity index (χ3v) is 4.73. The van der Waals surface area contributed by atoms with E-state index in [0.717, 1.165) is 0 Å². The van der Waals surface area contributed by atoms with Crippen molar-refractivity contribution in [1.29, 1.82) is 0 Å². The molecule has 0 saturated carbocycles. The number of halogens is 4. The second kappa shape index (κ2) is 8.77. The number of esters is 2. The highest BCUT2D eigenvalue weighted by Crippen LogP contribution is 2.42. The van der Waals surface area contributed by atoms with Crippen LogP contribution in [0, 0.1) is 0 Å². The maximum Gasteiger partial charge on any atom is 0.341 e. The topological polar surface area (TPSA) is 52.6 Å². The Morgan fingerprint density at radius 3 is 1.33 bits per heavy atom. The van der Waals surface area contributed by atoms with Gasteiger partial charge in [0.1, 0.15) is 12.2 Å². The molecule has 0 bridgehead atoms. The van der Waals surface area contributed by atoms with Gasteiger partial charge in [0.15, 0.2) is 0 Å². The van der Waals surface area contributed by atoms with Crippen LogP contribution in [0.3, 0.4) is 0 Å². The zero-order valence-corrected chi connectivity index (χ0v) is 15.9. The standard InChI is InChI=1S/C16H14Cl4O4/c1-5-7(3)23-15(21)9-10(16(22)24-8(4)6-2)12(18)14(20)13(19)11(9)17/h5-8H,1-2H2,3-4H3/t7-,8-/m0/s1. The Morgan fingerprint density at radius 1 is 0.792 bits per heavy atom. The van der Waals surface area contributed by atoms with E-state index in [0.29, 0.717) is 0 Å². The lowest BCUT2D eigenvalue weighted by molar-refractivity contribution is 0.0376. The number of carbonyl (C=O) groups excluding carboxylic acids is 2. The summed E-state index contributed by atoms with van der Waals surface area (Å²) in [6.45, 7) is 10.2. The van der Waals surface area contributed by atoms with E-state index in [1.807, 2.05) is 0 Å². The summed E-state index contributed by atoms with van der Waals surface area (Å²) in [4.78, 5) is 24.8. The lowest BCUT2D eigenvalue weighted by atomic mass is 10.1. The van der Waals surface area contributed by atoms with Crippen LogP contribution in [0.2, 0.25) is 20.1 Å². The first-order chi connectivity index (χ1) is 11.1. The highest BCUT2D eigenvalue weighted by atomic mass is 35.5. The molecular formula is C16H14Cl4O4. The summed E-state index contributed by atoms with van der Waals surface area (Å²) in [5.41, 5.74) is -0.656. The summed E-state index contributed by atoms with van der Waals surface area (Å²) in [5, 5.41) is -0.860. The van der Waals surface area contributed by atoms with E-state index in [4.69, 9.17) is 55.9 Å². The Labute approximate surface area is 159 Å². The van der Waals surface area contributed by atoms with E-state index >= 15 is 0 Å². The van der Waals surface area contributed by atoms with E-state index < -0.39 is 24.1 Å². The average Bonchev–Trinajstić information content (AvgIpc) is 2.54. The SMILES string of the molecule is C=C[C@H](C)OC(=O)c1c(Cl)c(Cl)c(Cl)c(Cl)c1C(=O)O[C@@H](C)C=C. The molecule has 0 amide bonds. The minimum atomic E-state index is -0.911. The molecule has 130 valence electrons. The second-order valence-electron chi connectivity index (χ2n) is 4.70. The Bertz CT molecular complexity index is 641. The third-order valence-electron chi connectivity index (χ3n) is 2.93. The molecule has 8 heteroatoms. The molecule has 1 rings (SSSR count). The summed E-state index contributed by atoms with van der Waals surface area (Å²) in [5.74, 6) is -1.82. The van der Waals surface area contributed by atoms with E-state index in [9.17, 15) is 9.59 Å². The summed E-state index contributed by atoms with van der Waals surface area (Å²) < 4.78 is 10.2. The monoisotopic (exact) mass is 410 g/mol. The number of ether oxygens (including phenoxy) is 2. The van der Waals surface area contributed by atoms with E-state index in [1.54, 1.807) is 13.8 Å². The van der Waals surface area contributed by atoms with Gasteiger partial charge in [-0.3, -0.25) is 0 Å². The molecule has 4 nitrogen and oxygen atoms in total. The molecule has 0 N–H and O–H groups in total. The fourth-order valence-corrected chi connectivity index (χ4v) is 2.57. The maximum atomic E-state index is 12.4. The first-order valence-corrected chi connectivity index (χ1v) is 8.19. The Morgan fingerprint density at radius 2 is 1.08 bits per heavy atom. The number of carbonyl (C=O) groups is 2. The molecule has 0 aliphatic heterocycles. The van der Waals surface area contributed by atoms with Crippen LogP contribution in [-0.2, 0) is 9.47 Å². The van der Waals surface area contributed by atoms with Gasteiger partial charge in [0.2, 0.25) is 0 Å². The van der Waals surface area contributed by atoms with E-state index in [2.05, 4.69) is 13.2 Å². The summed E-state index contributed by atoms with van der Waals surface area (Å²) in [7, 11) is 0. The normalized spacial score (nSPS) is 12.9. The predicted octanol–water partition coefficient (Wildman–Crippen LogP) is 5.76. The Hall–Kier alpha value is -1.20. The van der Waals surface area contributed by atoms with Crippen molar-refractivity contribution in [2.45, 2.75) is 26.1 Å². The van der Waals surface area contributed by atoms with Crippen LogP contribution in [0.1, 0.15) is 34.6 Å². The molecule has 0 fully saturated rings. The average molecular weight is 412 g/mol. The van der Waals surface area contributed by atoms with Crippen LogP contribution in [0.5, 0.6) is 0 Å². The molecule has 0 aromatic heterocycles. The predicted molar refractivity (Wildman–Crippen MR) is 96.6 cm³/mol. The zero-order valence-electron chi connectivity index (χ0n) is 12.9. The molecule has 0 aliphatic rings. The molecule has 0 unspecified atom stereocenters. The van der Waals surface area contributed by atoms with Gasteiger partial charge in [-0.15, -0.1) is 0 Å². The minimum Gasteiger partial charge on any atom is -0.455 e. The fraction of sp³-hybridized carbons (Fsp3) is 0.250. The fourth-order valence-electron chi connectivity index (χ4n) is 1.57. The molecule has 24 heavy (non-hydrogen) atoms. The van der Waals surface area contributed by atoms with Gasteiger partial charge in [-0.25, -0.2) is 9.59 Å². The molecule has 2 atom stereocenters. The number of benzene rings is 1. The van der Waals surface area contributed by atoms with Gasteiger partial charge in [0.05, 0.1) is 31.2 Å². The Balaban J connectivity index is 3.54. The quantitative estimate of drug-likeness (QED) is 0.258. The van der Waals surface area contributed by atoms with Gasteiger partial charge >= 0.3 is 11.9 Å². The van der Waals surface area contributed by atoms with Gasteiger partial charge in [-0.05, 0) is 13.8 Å². The zero-order chi connectivity index (χ0) is 18.6. The lowest BCUT2D eigenvalue weighted by Gasteiger charge is -2.17. The maximum absolute atomic E-state index is 12.4. The molecule has 1 aromatic rings. The first-order valence-electron chi connectivity index (χ1n) is 6.68. The largest absolute Gasteiger partial charge is 0.455 e. The van der Waals surface area contributed by atoms with Crippen LogP contribution in [0.25, 0.3) is 0 Å². The summed E-state index contributed by atoms with van der Waals surface area (Å²) >= 11 is 24.1. The molecular weight excluding hydrogens is 398 g/mol. The number of rotatable bonds is 6. The highest BCUT2D eigenvalue weighted by molar-refractivity contribution is 6.54. The van der Waals surface area contributed by atoms with Crippen molar-refractivity contribution in [1.82, 2.24) is 0 Å². The molecule has 0 radical (unpaired) electrons. The third kappa shape index (κ3) is 4.45. The number of hydrogen-bond acceptors (Lipinski definition) is 4.